The van der Waals surface area contributed by atoms with Gasteiger partial charge in [-0.15, -0.1) is 13.2 Å². The summed E-state index contributed by atoms with van der Waals surface area (Å²) in [4.78, 5) is 0. The third-order valence-corrected chi connectivity index (χ3v) is 1.04. The van der Waals surface area contributed by atoms with Crippen molar-refractivity contribution in [2.45, 2.75) is 13.8 Å². The summed E-state index contributed by atoms with van der Waals surface area (Å²) in [6.07, 6.45) is 0. The first-order valence-corrected chi connectivity index (χ1v) is 3.97. The van der Waals surface area contributed by atoms with Crippen molar-refractivity contribution in [3.05, 3.63) is 13.2 Å². The minimum Gasteiger partial charge on any atom is -0.383 e. The zero-order chi connectivity index (χ0) is 9.11. The molecular formula is C9H21NO. The summed E-state index contributed by atoms with van der Waals surface area (Å²) >= 11 is 0. The van der Waals surface area contributed by atoms with E-state index >= 15 is 0 Å². The van der Waals surface area contributed by atoms with Gasteiger partial charge in [0.25, 0.3) is 0 Å². The van der Waals surface area contributed by atoms with Gasteiger partial charge < -0.3 is 10.1 Å². The molecule has 0 spiro atoms. The van der Waals surface area contributed by atoms with Gasteiger partial charge in [-0.1, -0.05) is 13.8 Å². The Morgan fingerprint density at radius 1 is 1.36 bits per heavy atom. The van der Waals surface area contributed by atoms with Crippen molar-refractivity contribution in [2.24, 2.45) is 5.92 Å². The second-order valence-corrected chi connectivity index (χ2v) is 2.59. The number of hydrogen-bond acceptors (Lipinski definition) is 2. The van der Waals surface area contributed by atoms with Crippen molar-refractivity contribution in [2.75, 3.05) is 26.8 Å². The van der Waals surface area contributed by atoms with Gasteiger partial charge in [-0.2, -0.15) is 0 Å². The lowest BCUT2D eigenvalue weighted by Crippen LogP contribution is -2.23. The Morgan fingerprint density at radius 3 is 2.27 bits per heavy atom. The number of nitrogens with one attached hydrogen (secondary N) is 1. The standard InChI is InChI=1S/C7H17NO.C2H4/c1-7(2)6-8-4-5-9-3;1-2/h7-8H,4-6H2,1-3H3;1-2H2. The van der Waals surface area contributed by atoms with E-state index in [1.165, 1.54) is 0 Å². The molecule has 0 unspecified atom stereocenters. The van der Waals surface area contributed by atoms with Crippen LogP contribution in [-0.2, 0) is 4.74 Å². The van der Waals surface area contributed by atoms with Crippen LogP contribution in [0, 0.1) is 5.92 Å². The Morgan fingerprint density at radius 2 is 1.91 bits per heavy atom. The third-order valence-electron chi connectivity index (χ3n) is 1.04. The summed E-state index contributed by atoms with van der Waals surface area (Å²) in [6.45, 7) is 13.3. The molecule has 0 aliphatic heterocycles. The molecule has 0 saturated carbocycles. The first-order valence-electron chi connectivity index (χ1n) is 3.97. The predicted octanol–water partition coefficient (Wildman–Crippen LogP) is 1.68. The van der Waals surface area contributed by atoms with Gasteiger partial charge in [0, 0.05) is 13.7 Å². The van der Waals surface area contributed by atoms with E-state index < -0.39 is 0 Å². The second-order valence-electron chi connectivity index (χ2n) is 2.59. The van der Waals surface area contributed by atoms with E-state index in [-0.39, 0.29) is 0 Å². The molecule has 0 atom stereocenters. The van der Waals surface area contributed by atoms with E-state index in [0.29, 0.717) is 0 Å². The van der Waals surface area contributed by atoms with Crippen LogP contribution in [0.3, 0.4) is 0 Å². The third kappa shape index (κ3) is 17.7. The van der Waals surface area contributed by atoms with E-state index in [4.69, 9.17) is 4.74 Å². The van der Waals surface area contributed by atoms with Crippen LogP contribution in [0.25, 0.3) is 0 Å². The van der Waals surface area contributed by atoms with Gasteiger partial charge in [-0.05, 0) is 12.5 Å². The van der Waals surface area contributed by atoms with Crippen molar-refractivity contribution in [3.63, 3.8) is 0 Å². The maximum Gasteiger partial charge on any atom is 0.0587 e. The van der Waals surface area contributed by atoms with Crippen LogP contribution in [0.2, 0.25) is 0 Å². The lowest BCUT2D eigenvalue weighted by atomic mass is 10.2. The van der Waals surface area contributed by atoms with E-state index in [0.717, 1.165) is 25.6 Å². The van der Waals surface area contributed by atoms with Gasteiger partial charge >= 0.3 is 0 Å². The summed E-state index contributed by atoms with van der Waals surface area (Å²) in [5.74, 6) is 0.738. The van der Waals surface area contributed by atoms with Gasteiger partial charge in [0.05, 0.1) is 6.61 Å². The molecule has 0 aliphatic carbocycles. The number of rotatable bonds is 5. The van der Waals surface area contributed by atoms with Crippen molar-refractivity contribution in [1.29, 1.82) is 0 Å². The highest BCUT2D eigenvalue weighted by Crippen LogP contribution is 1.85. The quantitative estimate of drug-likeness (QED) is 0.487. The summed E-state index contributed by atoms with van der Waals surface area (Å²) in [7, 11) is 1.72. The van der Waals surface area contributed by atoms with E-state index in [9.17, 15) is 0 Å². The number of methoxy groups -OCH3 is 1. The molecule has 0 heterocycles. The highest BCUT2D eigenvalue weighted by molar-refractivity contribution is 4.49. The molecular weight excluding hydrogens is 138 g/mol. The average molecular weight is 159 g/mol. The van der Waals surface area contributed by atoms with Gasteiger partial charge in [0.15, 0.2) is 0 Å². The van der Waals surface area contributed by atoms with Crippen molar-refractivity contribution < 1.29 is 4.74 Å². The zero-order valence-corrected chi connectivity index (χ0v) is 8.02. The topological polar surface area (TPSA) is 21.3 Å². The molecule has 0 saturated heterocycles. The molecule has 0 aliphatic rings. The maximum atomic E-state index is 4.86. The minimum atomic E-state index is 0.738. The first-order chi connectivity index (χ1) is 5.27. The van der Waals surface area contributed by atoms with Crippen LogP contribution in [0.4, 0.5) is 0 Å². The summed E-state index contributed by atoms with van der Waals surface area (Å²) in [5.41, 5.74) is 0. The Labute approximate surface area is 70.6 Å². The minimum absolute atomic E-state index is 0.738. The van der Waals surface area contributed by atoms with E-state index in [1.54, 1.807) is 7.11 Å². The van der Waals surface area contributed by atoms with Crippen LogP contribution in [-0.4, -0.2) is 26.8 Å². The van der Waals surface area contributed by atoms with Gasteiger partial charge in [0.1, 0.15) is 0 Å². The normalized spacial score (nSPS) is 9.09. The molecule has 68 valence electrons. The second kappa shape index (κ2) is 12.3. The summed E-state index contributed by atoms with van der Waals surface area (Å²) in [6, 6.07) is 0. The highest BCUT2D eigenvalue weighted by Gasteiger charge is 1.90. The van der Waals surface area contributed by atoms with Crippen molar-refractivity contribution in [3.8, 4) is 0 Å². The fraction of sp³-hybridized carbons (Fsp3) is 0.778. The molecule has 11 heavy (non-hydrogen) atoms. The molecule has 1 N–H and O–H groups in total. The van der Waals surface area contributed by atoms with Crippen LogP contribution in [0.5, 0.6) is 0 Å². The zero-order valence-electron chi connectivity index (χ0n) is 8.02. The average Bonchev–Trinajstić information content (AvgIpc) is 2.02. The molecule has 2 heteroatoms. The van der Waals surface area contributed by atoms with Crippen LogP contribution in [0.15, 0.2) is 13.2 Å². The van der Waals surface area contributed by atoms with Crippen LogP contribution < -0.4 is 5.32 Å². The fourth-order valence-corrected chi connectivity index (χ4v) is 0.565. The molecule has 0 aromatic carbocycles. The van der Waals surface area contributed by atoms with E-state index in [2.05, 4.69) is 32.3 Å². The van der Waals surface area contributed by atoms with Gasteiger partial charge in [-0.25, -0.2) is 0 Å². The highest BCUT2D eigenvalue weighted by atomic mass is 16.5. The SMILES string of the molecule is C=C.COCCNCC(C)C. The fourth-order valence-electron chi connectivity index (χ4n) is 0.565. The molecule has 0 rings (SSSR count). The summed E-state index contributed by atoms with van der Waals surface area (Å²) < 4.78 is 4.86. The Bertz CT molecular complexity index is 64.6. The van der Waals surface area contributed by atoms with Crippen molar-refractivity contribution >= 4 is 0 Å². The molecule has 0 aromatic rings. The molecule has 0 amide bonds. The Balaban J connectivity index is 0. The Kier molecular flexibility index (Phi) is 14.9. The maximum absolute atomic E-state index is 4.86. The van der Waals surface area contributed by atoms with E-state index in [1.807, 2.05) is 0 Å². The predicted molar refractivity (Wildman–Crippen MR) is 50.8 cm³/mol. The number of hydrogen-bond donors (Lipinski definition) is 1. The monoisotopic (exact) mass is 159 g/mol. The molecule has 0 fully saturated rings. The lowest BCUT2D eigenvalue weighted by molar-refractivity contribution is 0.198. The molecule has 2 nitrogen and oxygen atoms in total. The molecule has 0 aromatic heterocycles. The number of ether oxygens (including phenoxy) is 1. The largest absolute Gasteiger partial charge is 0.383 e. The van der Waals surface area contributed by atoms with Crippen LogP contribution in [0.1, 0.15) is 13.8 Å². The Hall–Kier alpha value is -0.340. The van der Waals surface area contributed by atoms with Gasteiger partial charge in [-0.3, -0.25) is 0 Å². The van der Waals surface area contributed by atoms with Crippen molar-refractivity contribution in [1.82, 2.24) is 5.32 Å². The smallest absolute Gasteiger partial charge is 0.0587 e. The van der Waals surface area contributed by atoms with Crippen LogP contribution >= 0.6 is 0 Å². The summed E-state index contributed by atoms with van der Waals surface area (Å²) in [5, 5.41) is 3.26. The molecule has 0 bridgehead atoms. The lowest BCUT2D eigenvalue weighted by Gasteiger charge is -2.05. The van der Waals surface area contributed by atoms with Gasteiger partial charge in [0.2, 0.25) is 0 Å². The first kappa shape index (κ1) is 13.3. The molecule has 0 radical (unpaired) electrons.